The van der Waals surface area contributed by atoms with Gasteiger partial charge in [-0.2, -0.15) is 0 Å². The fourth-order valence-electron chi connectivity index (χ4n) is 2.38. The van der Waals surface area contributed by atoms with Gasteiger partial charge in [0.05, 0.1) is 10.5 Å². The topological polar surface area (TPSA) is 83.6 Å². The highest BCUT2D eigenvalue weighted by Gasteiger charge is 2.50. The maximum atomic E-state index is 12.1. The summed E-state index contributed by atoms with van der Waals surface area (Å²) in [7, 11) is -3.33. The second-order valence-corrected chi connectivity index (χ2v) is 8.94. The van der Waals surface area contributed by atoms with Gasteiger partial charge in [-0.25, -0.2) is 13.2 Å². The molecule has 1 fully saturated rings. The second-order valence-electron chi connectivity index (χ2n) is 6.08. The Labute approximate surface area is 120 Å². The fraction of sp³-hybridized carbons (Fsp3) is 0.846. The number of rotatable bonds is 5. The zero-order chi connectivity index (χ0) is 15.8. The van der Waals surface area contributed by atoms with Crippen molar-refractivity contribution in [2.45, 2.75) is 57.7 Å². The summed E-state index contributed by atoms with van der Waals surface area (Å²) in [5.41, 5.74) is -0.912. The van der Waals surface area contributed by atoms with Crippen molar-refractivity contribution in [3.63, 3.8) is 0 Å². The van der Waals surface area contributed by atoms with Crippen LogP contribution in [-0.4, -0.2) is 47.8 Å². The van der Waals surface area contributed by atoms with Crippen LogP contribution in [0.2, 0.25) is 0 Å². The van der Waals surface area contributed by atoms with E-state index in [1.54, 1.807) is 20.8 Å². The molecule has 1 aliphatic rings. The molecule has 0 atom stereocenters. The molecule has 1 N–H and O–H groups in total. The number of sulfone groups is 1. The van der Waals surface area contributed by atoms with E-state index in [9.17, 15) is 18.0 Å². The summed E-state index contributed by atoms with van der Waals surface area (Å²) in [5.74, 6) is -0.473. The van der Waals surface area contributed by atoms with E-state index in [1.807, 2.05) is 13.8 Å². The summed E-state index contributed by atoms with van der Waals surface area (Å²) in [5, 5.41) is 2.29. The van der Waals surface area contributed by atoms with Crippen LogP contribution in [0.25, 0.3) is 0 Å². The summed E-state index contributed by atoms with van der Waals surface area (Å²) in [6, 6.07) is -0.497. The van der Waals surface area contributed by atoms with Gasteiger partial charge in [0, 0.05) is 6.54 Å². The first kappa shape index (κ1) is 16.9. The minimum Gasteiger partial charge on any atom is -0.309 e. The second kappa shape index (κ2) is 5.35. The first-order valence-electron chi connectivity index (χ1n) is 6.87. The predicted octanol–water partition coefficient (Wildman–Crippen LogP) is 1.31. The molecule has 0 unspecified atom stereocenters. The summed E-state index contributed by atoms with van der Waals surface area (Å²) in [6.45, 7) is 8.58. The predicted molar refractivity (Wildman–Crippen MR) is 77.1 cm³/mol. The molecule has 0 aromatic rings. The first-order chi connectivity index (χ1) is 9.02. The Morgan fingerprint density at radius 3 is 2.05 bits per heavy atom. The van der Waals surface area contributed by atoms with E-state index in [4.69, 9.17) is 0 Å². The van der Waals surface area contributed by atoms with E-state index < -0.39 is 26.2 Å². The number of carbonyl (C=O) groups is 2. The Morgan fingerprint density at radius 2 is 1.65 bits per heavy atom. The molecule has 7 heteroatoms. The van der Waals surface area contributed by atoms with Crippen LogP contribution in [0.15, 0.2) is 0 Å². The third-order valence-electron chi connectivity index (χ3n) is 4.09. The number of urea groups is 1. The molecule has 0 spiro atoms. The third kappa shape index (κ3) is 2.68. The van der Waals surface area contributed by atoms with Crippen molar-refractivity contribution in [1.29, 1.82) is 0 Å². The number of carbonyl (C=O) groups excluding carboxylic acids is 2. The average molecular weight is 304 g/mol. The van der Waals surface area contributed by atoms with Gasteiger partial charge < -0.3 is 4.90 Å². The lowest BCUT2D eigenvalue weighted by molar-refractivity contribution is -0.126. The van der Waals surface area contributed by atoms with E-state index >= 15 is 0 Å². The zero-order valence-corrected chi connectivity index (χ0v) is 13.6. The van der Waals surface area contributed by atoms with Crippen molar-refractivity contribution in [3.05, 3.63) is 0 Å². The van der Waals surface area contributed by atoms with Gasteiger partial charge >= 0.3 is 6.03 Å². The highest BCUT2D eigenvalue weighted by atomic mass is 32.2. The normalized spacial score (nSPS) is 19.4. The first-order valence-corrected chi connectivity index (χ1v) is 8.52. The fourth-order valence-corrected chi connectivity index (χ4v) is 3.42. The number of amides is 3. The van der Waals surface area contributed by atoms with Crippen molar-refractivity contribution in [1.82, 2.24) is 10.2 Å². The molecule has 0 saturated carbocycles. The molecule has 0 aliphatic carbocycles. The van der Waals surface area contributed by atoms with Crippen LogP contribution in [0.5, 0.6) is 0 Å². The molecular formula is C13H24N2O4S. The molecule has 6 nitrogen and oxygen atoms in total. The lowest BCUT2D eigenvalue weighted by Crippen LogP contribution is -2.51. The smallest absolute Gasteiger partial charge is 0.309 e. The van der Waals surface area contributed by atoms with E-state index in [1.165, 1.54) is 4.90 Å². The van der Waals surface area contributed by atoms with Crippen molar-refractivity contribution in [2.24, 2.45) is 0 Å². The van der Waals surface area contributed by atoms with Crippen LogP contribution >= 0.6 is 0 Å². The Morgan fingerprint density at radius 1 is 1.15 bits per heavy atom. The highest BCUT2D eigenvalue weighted by molar-refractivity contribution is 7.92. The highest BCUT2D eigenvalue weighted by Crippen LogP contribution is 2.29. The summed E-state index contributed by atoms with van der Waals surface area (Å²) in [4.78, 5) is 25.2. The van der Waals surface area contributed by atoms with Gasteiger partial charge in [-0.05, 0) is 33.6 Å². The standard InChI is InChI=1S/C13H24N2O4S/c1-6-13(7-2)10(16)14-11(17)15(13)8-9-20(18,19)12(3,4)5/h6-9H2,1-5H3,(H,14,16,17). The van der Waals surface area contributed by atoms with E-state index in [0.29, 0.717) is 12.8 Å². The molecule has 1 heterocycles. The number of hydrogen-bond donors (Lipinski definition) is 1. The van der Waals surface area contributed by atoms with Crippen LogP contribution in [0.4, 0.5) is 4.79 Å². The Balaban J connectivity index is 2.96. The van der Waals surface area contributed by atoms with Crippen LogP contribution in [0.3, 0.4) is 0 Å². The molecule has 1 saturated heterocycles. The van der Waals surface area contributed by atoms with Gasteiger partial charge in [-0.1, -0.05) is 13.8 Å². The minimum absolute atomic E-state index is 0.0405. The van der Waals surface area contributed by atoms with Gasteiger partial charge in [-0.15, -0.1) is 0 Å². The Bertz CT molecular complexity index is 501. The quantitative estimate of drug-likeness (QED) is 0.776. The molecule has 20 heavy (non-hydrogen) atoms. The monoisotopic (exact) mass is 304 g/mol. The van der Waals surface area contributed by atoms with Gasteiger partial charge in [0.25, 0.3) is 5.91 Å². The van der Waals surface area contributed by atoms with Crippen molar-refractivity contribution in [3.8, 4) is 0 Å². The SMILES string of the molecule is CCC1(CC)C(=O)NC(=O)N1CCS(=O)(=O)C(C)(C)C. The summed E-state index contributed by atoms with van der Waals surface area (Å²) in [6.07, 6.45) is 0.938. The lowest BCUT2D eigenvalue weighted by atomic mass is 9.91. The Hall–Kier alpha value is -1.11. The largest absolute Gasteiger partial charge is 0.325 e. The third-order valence-corrected chi connectivity index (χ3v) is 6.68. The van der Waals surface area contributed by atoms with E-state index in [-0.39, 0.29) is 18.2 Å². The number of hydrogen-bond acceptors (Lipinski definition) is 4. The molecule has 0 bridgehead atoms. The maximum absolute atomic E-state index is 12.1. The molecule has 0 aromatic heterocycles. The molecule has 116 valence electrons. The van der Waals surface area contributed by atoms with Crippen molar-refractivity contribution in [2.75, 3.05) is 12.3 Å². The number of nitrogens with one attached hydrogen (secondary N) is 1. The number of imide groups is 1. The Kier molecular flexibility index (Phi) is 4.53. The van der Waals surface area contributed by atoms with Gasteiger partial charge in [0.2, 0.25) is 0 Å². The molecular weight excluding hydrogens is 280 g/mol. The molecule has 0 radical (unpaired) electrons. The number of nitrogens with zero attached hydrogens (tertiary/aromatic N) is 1. The van der Waals surface area contributed by atoms with Gasteiger partial charge in [-0.3, -0.25) is 10.1 Å². The maximum Gasteiger partial charge on any atom is 0.325 e. The molecule has 3 amide bonds. The van der Waals surface area contributed by atoms with Crippen LogP contribution in [-0.2, 0) is 14.6 Å². The lowest BCUT2D eigenvalue weighted by Gasteiger charge is -2.34. The van der Waals surface area contributed by atoms with Gasteiger partial charge in [0.1, 0.15) is 5.54 Å². The molecule has 0 aromatic carbocycles. The van der Waals surface area contributed by atoms with Crippen LogP contribution < -0.4 is 5.32 Å². The van der Waals surface area contributed by atoms with E-state index in [0.717, 1.165) is 0 Å². The molecule has 1 aliphatic heterocycles. The molecule has 1 rings (SSSR count). The summed E-state index contributed by atoms with van der Waals surface area (Å²) < 4.78 is 23.4. The van der Waals surface area contributed by atoms with Gasteiger partial charge in [0.15, 0.2) is 9.84 Å². The minimum atomic E-state index is -3.33. The van der Waals surface area contributed by atoms with Crippen molar-refractivity contribution >= 4 is 21.8 Å². The average Bonchev–Trinajstić information content (AvgIpc) is 2.56. The zero-order valence-electron chi connectivity index (χ0n) is 12.8. The van der Waals surface area contributed by atoms with Crippen molar-refractivity contribution < 1.29 is 18.0 Å². The summed E-state index contributed by atoms with van der Waals surface area (Å²) >= 11 is 0. The van der Waals surface area contributed by atoms with Crippen LogP contribution in [0, 0.1) is 0 Å². The van der Waals surface area contributed by atoms with E-state index in [2.05, 4.69) is 5.32 Å². The van der Waals surface area contributed by atoms with Crippen LogP contribution in [0.1, 0.15) is 47.5 Å².